The van der Waals surface area contributed by atoms with Crippen LogP contribution in [0.3, 0.4) is 0 Å². The zero-order valence-electron chi connectivity index (χ0n) is 9.95. The molecule has 0 radical (unpaired) electrons. The Morgan fingerprint density at radius 3 is 2.56 bits per heavy atom. The van der Waals surface area contributed by atoms with Crippen molar-refractivity contribution in [1.29, 1.82) is 0 Å². The highest BCUT2D eigenvalue weighted by Crippen LogP contribution is 2.12. The summed E-state index contributed by atoms with van der Waals surface area (Å²) in [7, 11) is 1.91. The van der Waals surface area contributed by atoms with Gasteiger partial charge in [-0.05, 0) is 45.5 Å². The van der Waals surface area contributed by atoms with Gasteiger partial charge in [-0.3, -0.25) is 4.79 Å². The lowest BCUT2D eigenvalue weighted by Crippen LogP contribution is -2.11. The van der Waals surface area contributed by atoms with Crippen LogP contribution in [0, 0.1) is 6.92 Å². The van der Waals surface area contributed by atoms with E-state index in [9.17, 15) is 4.79 Å². The van der Waals surface area contributed by atoms with Crippen LogP contribution in [0.4, 0.5) is 0 Å². The lowest BCUT2D eigenvalue weighted by atomic mass is 10.2. The first-order valence-corrected chi connectivity index (χ1v) is 5.64. The smallest absolute Gasteiger partial charge is 0.311 e. The molecule has 0 aromatic heterocycles. The molecule has 0 amide bonds. The third-order valence-corrected chi connectivity index (χ3v) is 2.31. The Hall–Kier alpha value is -1.35. The molecule has 0 saturated heterocycles. The molecule has 0 aliphatic rings. The maximum absolute atomic E-state index is 11.4. The van der Waals surface area contributed by atoms with Gasteiger partial charge in [0.05, 0.1) is 0 Å². The number of aryl methyl sites for hydroxylation is 1. The van der Waals surface area contributed by atoms with E-state index in [1.807, 2.05) is 38.2 Å². The third kappa shape index (κ3) is 4.94. The van der Waals surface area contributed by atoms with E-state index in [-0.39, 0.29) is 5.97 Å². The maximum Gasteiger partial charge on any atom is 0.311 e. The van der Waals surface area contributed by atoms with Crippen molar-refractivity contribution in [2.24, 2.45) is 0 Å². The number of ether oxygens (including phenoxy) is 1. The van der Waals surface area contributed by atoms with Crippen LogP contribution in [0.15, 0.2) is 24.3 Å². The summed E-state index contributed by atoms with van der Waals surface area (Å²) in [6, 6.07) is 7.51. The molecule has 0 aliphatic heterocycles. The minimum absolute atomic E-state index is 0.153. The minimum atomic E-state index is -0.153. The minimum Gasteiger partial charge on any atom is -0.427 e. The van der Waals surface area contributed by atoms with E-state index < -0.39 is 0 Å². The highest BCUT2D eigenvalue weighted by atomic mass is 16.5. The van der Waals surface area contributed by atoms with Crippen molar-refractivity contribution in [3.05, 3.63) is 29.8 Å². The fourth-order valence-corrected chi connectivity index (χ4v) is 1.36. The standard InChI is InChI=1S/C13H19NO2/c1-11-6-8-12(9-7-11)16-13(15)5-3-4-10-14-2/h6-9,14H,3-5,10H2,1-2H3. The molecule has 0 bridgehead atoms. The van der Waals surface area contributed by atoms with Gasteiger partial charge < -0.3 is 10.1 Å². The molecule has 3 nitrogen and oxygen atoms in total. The number of rotatable bonds is 6. The van der Waals surface area contributed by atoms with Gasteiger partial charge >= 0.3 is 5.97 Å². The Kier molecular flexibility index (Phi) is 5.57. The predicted molar refractivity (Wildman–Crippen MR) is 64.6 cm³/mol. The lowest BCUT2D eigenvalue weighted by molar-refractivity contribution is -0.134. The molecule has 1 N–H and O–H groups in total. The molecule has 1 aromatic carbocycles. The van der Waals surface area contributed by atoms with Crippen LogP contribution in [-0.2, 0) is 4.79 Å². The summed E-state index contributed by atoms with van der Waals surface area (Å²) < 4.78 is 5.19. The van der Waals surface area contributed by atoms with E-state index in [0.717, 1.165) is 24.9 Å². The monoisotopic (exact) mass is 221 g/mol. The summed E-state index contributed by atoms with van der Waals surface area (Å²) in [5.74, 6) is 0.476. The normalized spacial score (nSPS) is 10.1. The maximum atomic E-state index is 11.4. The van der Waals surface area contributed by atoms with Crippen molar-refractivity contribution < 1.29 is 9.53 Å². The van der Waals surface area contributed by atoms with Gasteiger partial charge in [0.25, 0.3) is 0 Å². The Morgan fingerprint density at radius 1 is 1.25 bits per heavy atom. The van der Waals surface area contributed by atoms with Crippen LogP contribution in [0.25, 0.3) is 0 Å². The molecule has 0 fully saturated rings. The van der Waals surface area contributed by atoms with Crippen LogP contribution < -0.4 is 10.1 Å². The summed E-state index contributed by atoms with van der Waals surface area (Å²) in [6.45, 7) is 2.95. The fraction of sp³-hybridized carbons (Fsp3) is 0.462. The SMILES string of the molecule is CNCCCCC(=O)Oc1ccc(C)cc1. The number of unbranched alkanes of at least 4 members (excludes halogenated alkanes) is 1. The molecular formula is C13H19NO2. The average Bonchev–Trinajstić information content (AvgIpc) is 2.28. The lowest BCUT2D eigenvalue weighted by Gasteiger charge is -2.04. The largest absolute Gasteiger partial charge is 0.427 e. The van der Waals surface area contributed by atoms with Gasteiger partial charge in [-0.25, -0.2) is 0 Å². The zero-order valence-corrected chi connectivity index (χ0v) is 9.95. The Bertz CT molecular complexity index is 319. The van der Waals surface area contributed by atoms with Crippen LogP contribution >= 0.6 is 0 Å². The van der Waals surface area contributed by atoms with Gasteiger partial charge in [-0.15, -0.1) is 0 Å². The number of benzene rings is 1. The first kappa shape index (κ1) is 12.7. The van der Waals surface area contributed by atoms with Crippen molar-refractivity contribution in [2.75, 3.05) is 13.6 Å². The predicted octanol–water partition coefficient (Wildman–Crippen LogP) is 2.29. The molecule has 0 aliphatic carbocycles. The zero-order chi connectivity index (χ0) is 11.8. The second-order valence-corrected chi connectivity index (χ2v) is 3.85. The first-order chi connectivity index (χ1) is 7.72. The van der Waals surface area contributed by atoms with Crippen LogP contribution in [0.2, 0.25) is 0 Å². The van der Waals surface area contributed by atoms with E-state index in [4.69, 9.17) is 4.74 Å². The molecule has 1 aromatic rings. The topological polar surface area (TPSA) is 38.3 Å². The Morgan fingerprint density at radius 2 is 1.94 bits per heavy atom. The van der Waals surface area contributed by atoms with Gasteiger partial charge in [0, 0.05) is 6.42 Å². The number of carbonyl (C=O) groups is 1. The molecule has 0 atom stereocenters. The average molecular weight is 221 g/mol. The number of hydrogen-bond donors (Lipinski definition) is 1. The van der Waals surface area contributed by atoms with Crippen LogP contribution in [0.5, 0.6) is 5.75 Å². The highest BCUT2D eigenvalue weighted by molar-refractivity contribution is 5.72. The van der Waals surface area contributed by atoms with Gasteiger partial charge in [-0.1, -0.05) is 17.7 Å². The van der Waals surface area contributed by atoms with Crippen molar-refractivity contribution in [2.45, 2.75) is 26.2 Å². The molecule has 0 heterocycles. The molecule has 1 rings (SSSR count). The summed E-state index contributed by atoms with van der Waals surface area (Å²) in [4.78, 5) is 11.4. The van der Waals surface area contributed by atoms with Gasteiger partial charge in [-0.2, -0.15) is 0 Å². The van der Waals surface area contributed by atoms with Crippen molar-refractivity contribution in [1.82, 2.24) is 5.32 Å². The second kappa shape index (κ2) is 7.01. The van der Waals surface area contributed by atoms with E-state index in [0.29, 0.717) is 12.2 Å². The highest BCUT2D eigenvalue weighted by Gasteiger charge is 2.03. The summed E-state index contributed by atoms with van der Waals surface area (Å²) >= 11 is 0. The molecular weight excluding hydrogens is 202 g/mol. The van der Waals surface area contributed by atoms with Gasteiger partial charge in [0.2, 0.25) is 0 Å². The first-order valence-electron chi connectivity index (χ1n) is 5.64. The van der Waals surface area contributed by atoms with Crippen molar-refractivity contribution in [3.63, 3.8) is 0 Å². The molecule has 88 valence electrons. The molecule has 0 saturated carbocycles. The summed E-state index contributed by atoms with van der Waals surface area (Å²) in [6.07, 6.45) is 2.35. The van der Waals surface area contributed by atoms with Crippen LogP contribution in [0.1, 0.15) is 24.8 Å². The number of hydrogen-bond acceptors (Lipinski definition) is 3. The molecule has 3 heteroatoms. The Labute approximate surface area is 96.8 Å². The fourth-order valence-electron chi connectivity index (χ4n) is 1.36. The summed E-state index contributed by atoms with van der Waals surface area (Å²) in [5.41, 5.74) is 1.16. The van der Waals surface area contributed by atoms with E-state index in [2.05, 4.69) is 5.32 Å². The van der Waals surface area contributed by atoms with Crippen molar-refractivity contribution >= 4 is 5.97 Å². The third-order valence-electron chi connectivity index (χ3n) is 2.31. The molecule has 16 heavy (non-hydrogen) atoms. The quantitative estimate of drug-likeness (QED) is 0.455. The van der Waals surface area contributed by atoms with Crippen molar-refractivity contribution in [3.8, 4) is 5.75 Å². The molecule has 0 unspecified atom stereocenters. The van der Waals surface area contributed by atoms with E-state index in [1.54, 1.807) is 0 Å². The Balaban J connectivity index is 2.26. The van der Waals surface area contributed by atoms with Crippen LogP contribution in [-0.4, -0.2) is 19.6 Å². The number of carbonyl (C=O) groups excluding carboxylic acids is 1. The summed E-state index contributed by atoms with van der Waals surface area (Å²) in [5, 5.41) is 3.05. The van der Waals surface area contributed by atoms with Gasteiger partial charge in [0.15, 0.2) is 0 Å². The number of nitrogens with one attached hydrogen (secondary N) is 1. The van der Waals surface area contributed by atoms with E-state index >= 15 is 0 Å². The molecule has 0 spiro atoms. The van der Waals surface area contributed by atoms with E-state index in [1.165, 1.54) is 0 Å². The van der Waals surface area contributed by atoms with Gasteiger partial charge in [0.1, 0.15) is 5.75 Å². The number of esters is 1. The second-order valence-electron chi connectivity index (χ2n) is 3.85.